The summed E-state index contributed by atoms with van der Waals surface area (Å²) in [6.45, 7) is 3.10. The summed E-state index contributed by atoms with van der Waals surface area (Å²) in [7, 11) is 0. The minimum absolute atomic E-state index is 0. The van der Waals surface area contributed by atoms with E-state index < -0.39 is 0 Å². The van der Waals surface area contributed by atoms with E-state index in [1.807, 2.05) is 24.3 Å². The number of nitrogens with zero attached hydrogens (tertiary/aromatic N) is 4. The molecule has 3 aliphatic rings. The minimum Gasteiger partial charge on any atom is -0.311 e. The van der Waals surface area contributed by atoms with Crippen molar-refractivity contribution >= 4 is 42.1 Å². The first kappa shape index (κ1) is 20.4. The van der Waals surface area contributed by atoms with Crippen molar-refractivity contribution in [2.45, 2.75) is 31.5 Å². The highest BCUT2D eigenvalue weighted by molar-refractivity contribution is 6.30. The lowest BCUT2D eigenvalue weighted by Crippen LogP contribution is -2.60. The van der Waals surface area contributed by atoms with Gasteiger partial charge in [-0.2, -0.15) is 0 Å². The molecular weight excluding hydrogens is 405 g/mol. The van der Waals surface area contributed by atoms with Gasteiger partial charge in [0.25, 0.3) is 0 Å². The molecule has 2 bridgehead atoms. The van der Waals surface area contributed by atoms with Crippen LogP contribution in [-0.4, -0.2) is 44.4 Å². The van der Waals surface area contributed by atoms with E-state index >= 15 is 0 Å². The third kappa shape index (κ3) is 3.80. The normalized spacial score (nSPS) is 21.7. The Morgan fingerprint density at radius 1 is 1.15 bits per heavy atom. The molecule has 3 saturated heterocycles. The third-order valence-electron chi connectivity index (χ3n) is 5.41. The summed E-state index contributed by atoms with van der Waals surface area (Å²) in [5.74, 6) is 0. The highest BCUT2D eigenvalue weighted by atomic mass is 35.5. The molecule has 144 valence electrons. The fourth-order valence-corrected chi connectivity index (χ4v) is 4.22. The molecule has 0 saturated carbocycles. The van der Waals surface area contributed by atoms with Crippen LogP contribution in [0.15, 0.2) is 42.7 Å². The Balaban J connectivity index is 0.00000105. The summed E-state index contributed by atoms with van der Waals surface area (Å²) < 4.78 is 2.20. The Morgan fingerprint density at radius 3 is 2.70 bits per heavy atom. The van der Waals surface area contributed by atoms with Crippen molar-refractivity contribution in [1.29, 1.82) is 0 Å². The molecule has 0 amide bonds. The summed E-state index contributed by atoms with van der Waals surface area (Å²) in [5, 5.41) is 4.27. The molecule has 6 heterocycles. The van der Waals surface area contributed by atoms with E-state index in [2.05, 4.69) is 31.9 Å². The van der Waals surface area contributed by atoms with Crippen LogP contribution in [0.25, 0.3) is 17.0 Å². The van der Waals surface area contributed by atoms with Crippen LogP contribution >= 0.6 is 36.4 Å². The van der Waals surface area contributed by atoms with E-state index in [1.54, 1.807) is 6.20 Å². The Hall–Kier alpha value is -1.37. The molecule has 0 radical (unpaired) electrons. The van der Waals surface area contributed by atoms with Gasteiger partial charge in [0.15, 0.2) is 0 Å². The average molecular weight is 427 g/mol. The standard InChI is InChI=1S/C19H20ClN5.2ClH/c20-13-4-7-16(22-9-13)19-17(25-8-2-1-3-18(25)23-19)12-24-11-14-5-6-15(24)10-21-14;;/h1-4,7-9,14-15,21H,5-6,10-12H2;2*1H. The van der Waals surface area contributed by atoms with Crippen LogP contribution in [0.2, 0.25) is 5.02 Å². The predicted octanol–water partition coefficient (Wildman–Crippen LogP) is 3.83. The number of hydrogen-bond donors (Lipinski definition) is 1. The molecule has 2 atom stereocenters. The quantitative estimate of drug-likeness (QED) is 0.691. The van der Waals surface area contributed by atoms with Crippen LogP contribution < -0.4 is 5.32 Å². The summed E-state index contributed by atoms with van der Waals surface area (Å²) >= 11 is 6.01. The molecule has 3 aliphatic heterocycles. The Labute approximate surface area is 176 Å². The number of halogens is 3. The molecule has 0 aromatic carbocycles. The van der Waals surface area contributed by atoms with Crippen molar-refractivity contribution in [3.05, 3.63) is 53.4 Å². The van der Waals surface area contributed by atoms with Crippen molar-refractivity contribution in [2.24, 2.45) is 0 Å². The van der Waals surface area contributed by atoms with Crippen molar-refractivity contribution in [1.82, 2.24) is 24.6 Å². The molecule has 2 unspecified atom stereocenters. The molecule has 3 aromatic rings. The van der Waals surface area contributed by atoms with Crippen LogP contribution in [0, 0.1) is 0 Å². The zero-order chi connectivity index (χ0) is 16.8. The van der Waals surface area contributed by atoms with E-state index in [4.69, 9.17) is 16.6 Å². The molecule has 3 fully saturated rings. The number of piperazine rings is 1. The number of nitrogens with one attached hydrogen (secondary N) is 1. The van der Waals surface area contributed by atoms with E-state index in [9.17, 15) is 0 Å². The van der Waals surface area contributed by atoms with E-state index in [-0.39, 0.29) is 24.8 Å². The van der Waals surface area contributed by atoms with Gasteiger partial charge in [0.05, 0.1) is 16.4 Å². The number of aromatic nitrogens is 3. The smallest absolute Gasteiger partial charge is 0.137 e. The number of hydrogen-bond acceptors (Lipinski definition) is 4. The van der Waals surface area contributed by atoms with Crippen molar-refractivity contribution in [3.8, 4) is 11.4 Å². The van der Waals surface area contributed by atoms with Gasteiger partial charge in [-0.05, 0) is 37.1 Å². The zero-order valence-corrected chi connectivity index (χ0v) is 17.1. The fourth-order valence-electron chi connectivity index (χ4n) is 4.10. The zero-order valence-electron chi connectivity index (χ0n) is 14.7. The van der Waals surface area contributed by atoms with E-state index in [1.165, 1.54) is 18.5 Å². The largest absolute Gasteiger partial charge is 0.311 e. The van der Waals surface area contributed by atoms with Gasteiger partial charge < -0.3 is 9.72 Å². The molecule has 3 aromatic heterocycles. The maximum absolute atomic E-state index is 6.01. The topological polar surface area (TPSA) is 45.5 Å². The van der Waals surface area contributed by atoms with E-state index in [0.29, 0.717) is 17.1 Å². The maximum atomic E-state index is 6.01. The van der Waals surface area contributed by atoms with Crippen LogP contribution in [0.5, 0.6) is 0 Å². The third-order valence-corrected chi connectivity index (χ3v) is 5.64. The van der Waals surface area contributed by atoms with Gasteiger partial charge in [-0.1, -0.05) is 17.7 Å². The monoisotopic (exact) mass is 425 g/mol. The lowest BCUT2D eigenvalue weighted by Gasteiger charge is -2.45. The molecular formula is C19H22Cl3N5. The number of imidazole rings is 1. The van der Waals surface area contributed by atoms with Gasteiger partial charge in [0.2, 0.25) is 0 Å². The minimum atomic E-state index is 0. The SMILES string of the molecule is Cl.Cl.Clc1ccc(-c2nc3ccccn3c2CN2CC3CCC2CN3)nc1. The number of fused-ring (bicyclic) bond motifs is 4. The fraction of sp³-hybridized carbons (Fsp3) is 0.368. The van der Waals surface area contributed by atoms with Crippen LogP contribution in [-0.2, 0) is 6.54 Å². The average Bonchev–Trinajstić information content (AvgIpc) is 3.02. The second-order valence-electron chi connectivity index (χ2n) is 6.96. The van der Waals surface area contributed by atoms with Crippen molar-refractivity contribution < 1.29 is 0 Å². The summed E-state index contributed by atoms with van der Waals surface area (Å²) in [6.07, 6.45) is 6.36. The Bertz CT molecular complexity index is 903. The first-order valence-corrected chi connectivity index (χ1v) is 9.21. The van der Waals surface area contributed by atoms with Crippen LogP contribution in [0.4, 0.5) is 0 Å². The molecule has 1 N–H and O–H groups in total. The molecule has 0 spiro atoms. The van der Waals surface area contributed by atoms with Crippen molar-refractivity contribution in [3.63, 3.8) is 0 Å². The maximum Gasteiger partial charge on any atom is 0.137 e. The Morgan fingerprint density at radius 2 is 2.04 bits per heavy atom. The predicted molar refractivity (Wildman–Crippen MR) is 113 cm³/mol. The molecule has 27 heavy (non-hydrogen) atoms. The first-order chi connectivity index (χ1) is 12.3. The van der Waals surface area contributed by atoms with Gasteiger partial charge in [0.1, 0.15) is 11.3 Å². The number of piperidine rings is 2. The second kappa shape index (κ2) is 8.33. The molecule has 0 aliphatic carbocycles. The highest BCUT2D eigenvalue weighted by Crippen LogP contribution is 2.29. The summed E-state index contributed by atoms with van der Waals surface area (Å²) in [4.78, 5) is 12.0. The Kier molecular flexibility index (Phi) is 6.28. The van der Waals surface area contributed by atoms with Gasteiger partial charge in [-0.15, -0.1) is 24.8 Å². The highest BCUT2D eigenvalue weighted by Gasteiger charge is 2.34. The van der Waals surface area contributed by atoms with Gasteiger partial charge in [-0.25, -0.2) is 4.98 Å². The number of pyridine rings is 2. The lowest BCUT2D eigenvalue weighted by molar-refractivity contribution is 0.0674. The van der Waals surface area contributed by atoms with Crippen LogP contribution in [0.1, 0.15) is 18.5 Å². The van der Waals surface area contributed by atoms with Gasteiger partial charge in [-0.3, -0.25) is 9.88 Å². The first-order valence-electron chi connectivity index (χ1n) is 8.83. The molecule has 6 rings (SSSR count). The second-order valence-corrected chi connectivity index (χ2v) is 7.40. The summed E-state index contributed by atoms with van der Waals surface area (Å²) in [6, 6.07) is 11.2. The van der Waals surface area contributed by atoms with Crippen molar-refractivity contribution in [2.75, 3.05) is 13.1 Å². The van der Waals surface area contributed by atoms with Gasteiger partial charge in [0, 0.05) is 44.1 Å². The van der Waals surface area contributed by atoms with Gasteiger partial charge >= 0.3 is 0 Å². The van der Waals surface area contributed by atoms with E-state index in [0.717, 1.165) is 36.7 Å². The lowest BCUT2D eigenvalue weighted by atomic mass is 9.93. The van der Waals surface area contributed by atoms with Crippen LogP contribution in [0.3, 0.4) is 0 Å². The number of rotatable bonds is 3. The molecule has 5 nitrogen and oxygen atoms in total. The summed E-state index contributed by atoms with van der Waals surface area (Å²) in [5.41, 5.74) is 4.00. The molecule has 8 heteroatoms.